The molecule has 0 spiro atoms. The number of hydrogen-bond donors (Lipinski definition) is 0. The second-order valence-electron chi connectivity index (χ2n) is 14.5. The van der Waals surface area contributed by atoms with Crippen LogP contribution in [0.25, 0.3) is 77.2 Å². The van der Waals surface area contributed by atoms with Crippen molar-refractivity contribution in [2.24, 2.45) is 0 Å². The summed E-state index contributed by atoms with van der Waals surface area (Å²) < 4.78 is 0. The lowest BCUT2D eigenvalue weighted by molar-refractivity contribution is 1.28. The highest BCUT2D eigenvalue weighted by Crippen LogP contribution is 2.47. The zero-order chi connectivity index (χ0) is 38.0. The van der Waals surface area contributed by atoms with Gasteiger partial charge >= 0.3 is 0 Å². The minimum atomic E-state index is 1.09. The Kier molecular flexibility index (Phi) is 8.95. The Hall–Kier alpha value is -7.48. The molecule has 0 fully saturated rings. The SMILES string of the molecule is c1ccc(-c2cc(-c3ccccc3)cc(N(c3ccccc3)c3ccc(-c4cccc5c(-c6ccccc6)c(-c6ccccc6)c6ccccc6c45)cc3)c2)cc1. The number of fused-ring (bicyclic) bond motifs is 3. The maximum atomic E-state index is 2.38. The number of para-hydroxylation sites is 1. The smallest absolute Gasteiger partial charge is 0.0473 e. The molecule has 0 aliphatic carbocycles. The molecular formula is C56H39N. The van der Waals surface area contributed by atoms with Gasteiger partial charge in [0, 0.05) is 17.1 Å². The van der Waals surface area contributed by atoms with E-state index in [-0.39, 0.29) is 0 Å². The van der Waals surface area contributed by atoms with Crippen LogP contribution in [0, 0.1) is 0 Å². The lowest BCUT2D eigenvalue weighted by atomic mass is 9.83. The van der Waals surface area contributed by atoms with Gasteiger partial charge in [-0.25, -0.2) is 0 Å². The molecule has 0 unspecified atom stereocenters. The molecule has 268 valence electrons. The van der Waals surface area contributed by atoms with Crippen molar-refractivity contribution in [2.45, 2.75) is 0 Å². The highest BCUT2D eigenvalue weighted by Gasteiger charge is 2.21. The summed E-state index contributed by atoms with van der Waals surface area (Å²) in [6.07, 6.45) is 0. The summed E-state index contributed by atoms with van der Waals surface area (Å²) in [5.74, 6) is 0. The Balaban J connectivity index is 1.16. The molecule has 10 aromatic carbocycles. The summed E-state index contributed by atoms with van der Waals surface area (Å²) >= 11 is 0. The Labute approximate surface area is 334 Å². The largest absolute Gasteiger partial charge is 0.310 e. The summed E-state index contributed by atoms with van der Waals surface area (Å²) in [5, 5.41) is 5.02. The third kappa shape index (κ3) is 6.46. The lowest BCUT2D eigenvalue weighted by Crippen LogP contribution is -2.10. The number of rotatable bonds is 8. The molecule has 0 atom stereocenters. The van der Waals surface area contributed by atoms with Gasteiger partial charge in [0.1, 0.15) is 0 Å². The molecule has 0 aromatic heterocycles. The van der Waals surface area contributed by atoms with E-state index in [1.807, 2.05) is 0 Å². The van der Waals surface area contributed by atoms with Crippen LogP contribution in [0.5, 0.6) is 0 Å². The van der Waals surface area contributed by atoms with Crippen LogP contribution in [-0.4, -0.2) is 0 Å². The molecule has 10 aromatic rings. The molecular weight excluding hydrogens is 687 g/mol. The molecule has 0 amide bonds. The van der Waals surface area contributed by atoms with Crippen molar-refractivity contribution >= 4 is 38.6 Å². The molecule has 1 nitrogen and oxygen atoms in total. The van der Waals surface area contributed by atoms with Crippen molar-refractivity contribution in [1.82, 2.24) is 0 Å². The van der Waals surface area contributed by atoms with Crippen LogP contribution in [0.4, 0.5) is 17.1 Å². The number of hydrogen-bond acceptors (Lipinski definition) is 1. The fourth-order valence-corrected chi connectivity index (χ4v) is 8.44. The highest BCUT2D eigenvalue weighted by molar-refractivity contribution is 6.25. The van der Waals surface area contributed by atoms with Crippen molar-refractivity contribution < 1.29 is 0 Å². The standard InChI is InChI=1S/C56H39N/c1-6-19-40(20-7-1)45-37-46(41-21-8-2-9-22-41)39-49(38-45)57(47-27-14-5-15-28-47)48-35-33-42(34-36-48)50-31-18-32-53-55(44-25-12-4-13-26-44)54(43-23-10-3-11-24-43)51-29-16-17-30-52(51)56(50)53/h1-39H. The Morgan fingerprint density at radius 1 is 0.228 bits per heavy atom. The average molecular weight is 726 g/mol. The fraction of sp³-hybridized carbons (Fsp3) is 0. The van der Waals surface area contributed by atoms with Gasteiger partial charge in [-0.1, -0.05) is 194 Å². The van der Waals surface area contributed by atoms with Crippen molar-refractivity contribution in [3.63, 3.8) is 0 Å². The molecule has 0 bridgehead atoms. The summed E-state index contributed by atoms with van der Waals surface area (Å²) in [5.41, 5.74) is 15.4. The van der Waals surface area contributed by atoms with Gasteiger partial charge in [0.2, 0.25) is 0 Å². The monoisotopic (exact) mass is 725 g/mol. The van der Waals surface area contributed by atoms with E-state index < -0.39 is 0 Å². The van der Waals surface area contributed by atoms with E-state index in [1.54, 1.807) is 0 Å². The first kappa shape index (κ1) is 34.0. The van der Waals surface area contributed by atoms with E-state index in [0.29, 0.717) is 0 Å². The normalized spacial score (nSPS) is 11.2. The van der Waals surface area contributed by atoms with Crippen LogP contribution in [-0.2, 0) is 0 Å². The summed E-state index contributed by atoms with van der Waals surface area (Å²) in [6, 6.07) is 85.6. The van der Waals surface area contributed by atoms with Crippen molar-refractivity contribution in [2.75, 3.05) is 4.90 Å². The number of nitrogens with zero attached hydrogens (tertiary/aromatic N) is 1. The van der Waals surface area contributed by atoms with E-state index in [9.17, 15) is 0 Å². The second-order valence-corrected chi connectivity index (χ2v) is 14.5. The molecule has 0 saturated heterocycles. The van der Waals surface area contributed by atoms with Crippen LogP contribution < -0.4 is 4.90 Å². The van der Waals surface area contributed by atoms with Gasteiger partial charge in [-0.05, 0) is 120 Å². The fourth-order valence-electron chi connectivity index (χ4n) is 8.44. The molecule has 10 rings (SSSR count). The minimum Gasteiger partial charge on any atom is -0.310 e. The van der Waals surface area contributed by atoms with Crippen molar-refractivity contribution in [3.05, 3.63) is 237 Å². The first-order chi connectivity index (χ1) is 28.3. The van der Waals surface area contributed by atoms with Crippen LogP contribution in [0.1, 0.15) is 0 Å². The molecule has 0 N–H and O–H groups in total. The second kappa shape index (κ2) is 15.0. The predicted octanol–water partition coefficient (Wildman–Crippen LogP) is 15.8. The molecule has 0 aliphatic heterocycles. The van der Waals surface area contributed by atoms with Crippen LogP contribution in [0.3, 0.4) is 0 Å². The maximum Gasteiger partial charge on any atom is 0.0473 e. The lowest BCUT2D eigenvalue weighted by Gasteiger charge is -2.27. The number of anilines is 3. The van der Waals surface area contributed by atoms with Crippen LogP contribution >= 0.6 is 0 Å². The molecule has 1 heteroatoms. The first-order valence-corrected chi connectivity index (χ1v) is 19.6. The van der Waals surface area contributed by atoms with Crippen molar-refractivity contribution in [3.8, 4) is 55.6 Å². The van der Waals surface area contributed by atoms with Gasteiger partial charge in [-0.2, -0.15) is 0 Å². The van der Waals surface area contributed by atoms with Crippen molar-refractivity contribution in [1.29, 1.82) is 0 Å². The van der Waals surface area contributed by atoms with E-state index in [1.165, 1.54) is 77.2 Å². The van der Waals surface area contributed by atoms with Gasteiger partial charge in [-0.15, -0.1) is 0 Å². The topological polar surface area (TPSA) is 3.24 Å². The summed E-state index contributed by atoms with van der Waals surface area (Å²) in [7, 11) is 0. The van der Waals surface area contributed by atoms with Gasteiger partial charge < -0.3 is 4.90 Å². The van der Waals surface area contributed by atoms with Gasteiger partial charge in [0.15, 0.2) is 0 Å². The van der Waals surface area contributed by atoms with Crippen LogP contribution in [0.15, 0.2) is 237 Å². The van der Waals surface area contributed by atoms with E-state index >= 15 is 0 Å². The third-order valence-corrected chi connectivity index (χ3v) is 11.0. The van der Waals surface area contributed by atoms with Crippen LogP contribution in [0.2, 0.25) is 0 Å². The Morgan fingerprint density at radius 2 is 0.649 bits per heavy atom. The average Bonchev–Trinajstić information content (AvgIpc) is 3.30. The van der Waals surface area contributed by atoms with Gasteiger partial charge in [-0.3, -0.25) is 0 Å². The minimum absolute atomic E-state index is 1.09. The molecule has 0 saturated carbocycles. The Bertz CT molecular complexity index is 2900. The van der Waals surface area contributed by atoms with Gasteiger partial charge in [0.25, 0.3) is 0 Å². The van der Waals surface area contributed by atoms with Gasteiger partial charge in [0.05, 0.1) is 0 Å². The quantitative estimate of drug-likeness (QED) is 0.141. The molecule has 0 aliphatic rings. The maximum absolute atomic E-state index is 2.38. The zero-order valence-corrected chi connectivity index (χ0v) is 31.5. The zero-order valence-electron chi connectivity index (χ0n) is 31.5. The molecule has 57 heavy (non-hydrogen) atoms. The summed E-state index contributed by atoms with van der Waals surface area (Å²) in [4.78, 5) is 2.38. The third-order valence-electron chi connectivity index (χ3n) is 11.0. The van der Waals surface area contributed by atoms with E-state index in [0.717, 1.165) is 17.1 Å². The highest BCUT2D eigenvalue weighted by atomic mass is 15.1. The first-order valence-electron chi connectivity index (χ1n) is 19.6. The Morgan fingerprint density at radius 3 is 1.19 bits per heavy atom. The van der Waals surface area contributed by atoms with E-state index in [4.69, 9.17) is 0 Å². The predicted molar refractivity (Wildman–Crippen MR) is 243 cm³/mol. The number of benzene rings is 10. The molecule has 0 heterocycles. The molecule has 0 radical (unpaired) electrons. The van der Waals surface area contributed by atoms with E-state index in [2.05, 4.69) is 241 Å². The summed E-state index contributed by atoms with van der Waals surface area (Å²) in [6.45, 7) is 0.